The monoisotopic (exact) mass is 494 g/mol. The molecule has 148 valence electrons. The summed E-state index contributed by atoms with van der Waals surface area (Å²) in [6, 6.07) is 8.12. The van der Waals surface area contributed by atoms with Gasteiger partial charge in [0, 0.05) is 37.6 Å². The van der Waals surface area contributed by atoms with Crippen molar-refractivity contribution in [3.05, 3.63) is 34.9 Å². The molecular formula is C19H32ClIN4O. The molecule has 0 unspecified atom stereocenters. The Hall–Kier alpha value is -1.02. The lowest BCUT2D eigenvalue weighted by molar-refractivity contribution is -0.121. The van der Waals surface area contributed by atoms with Gasteiger partial charge in [-0.05, 0) is 43.4 Å². The van der Waals surface area contributed by atoms with Gasteiger partial charge >= 0.3 is 0 Å². The summed E-state index contributed by atoms with van der Waals surface area (Å²) in [6.07, 6.45) is 1.33. The van der Waals surface area contributed by atoms with Crippen molar-refractivity contribution in [1.82, 2.24) is 16.0 Å². The highest BCUT2D eigenvalue weighted by Crippen LogP contribution is 2.22. The average molecular weight is 495 g/mol. The van der Waals surface area contributed by atoms with Crippen LogP contribution in [0.25, 0.3) is 0 Å². The molecule has 0 bridgehead atoms. The Kier molecular flexibility index (Phi) is 11.9. The first-order valence-electron chi connectivity index (χ1n) is 8.70. The van der Waals surface area contributed by atoms with Gasteiger partial charge in [-0.1, -0.05) is 37.6 Å². The minimum atomic E-state index is 0. The fourth-order valence-electron chi connectivity index (χ4n) is 2.49. The Morgan fingerprint density at radius 3 is 2.54 bits per heavy atom. The number of carbonyl (C=O) groups excluding carboxylic acids is 1. The van der Waals surface area contributed by atoms with E-state index < -0.39 is 0 Å². The minimum Gasteiger partial charge on any atom is -0.356 e. The number of hydrogen-bond donors (Lipinski definition) is 3. The molecule has 0 aliphatic rings. The number of amides is 1. The molecule has 0 aliphatic heterocycles. The van der Waals surface area contributed by atoms with E-state index in [1.807, 2.05) is 32.0 Å². The van der Waals surface area contributed by atoms with E-state index in [9.17, 15) is 4.79 Å². The lowest BCUT2D eigenvalue weighted by Crippen LogP contribution is -2.43. The predicted molar refractivity (Wildman–Crippen MR) is 122 cm³/mol. The first kappa shape index (κ1) is 25.0. The molecular weight excluding hydrogens is 463 g/mol. The number of nitrogens with zero attached hydrogens (tertiary/aromatic N) is 1. The Bertz CT molecular complexity index is 591. The summed E-state index contributed by atoms with van der Waals surface area (Å²) in [5.41, 5.74) is 1.25. The average Bonchev–Trinajstić information content (AvgIpc) is 2.49. The van der Waals surface area contributed by atoms with Crippen molar-refractivity contribution >= 4 is 47.4 Å². The van der Waals surface area contributed by atoms with Crippen LogP contribution in [0.2, 0.25) is 5.02 Å². The quantitative estimate of drug-likeness (QED) is 0.294. The van der Waals surface area contributed by atoms with Crippen LogP contribution in [-0.4, -0.2) is 38.0 Å². The molecule has 0 atom stereocenters. The van der Waals surface area contributed by atoms with E-state index in [4.69, 9.17) is 11.6 Å². The standard InChI is InChI=1S/C19H31ClN4O.HI/c1-14(2)24-17(25)9-10-22-18(21-5)23-13-19(3,4)12-15-7-6-8-16(20)11-15;/h6-8,11,14H,9-10,12-13H2,1-5H3,(H,24,25)(H2,21,22,23);1H. The maximum absolute atomic E-state index is 11.6. The summed E-state index contributed by atoms with van der Waals surface area (Å²) in [5.74, 6) is 0.746. The molecule has 0 saturated heterocycles. The van der Waals surface area contributed by atoms with Gasteiger partial charge in [-0.25, -0.2) is 0 Å². The first-order chi connectivity index (χ1) is 11.7. The third kappa shape index (κ3) is 10.9. The van der Waals surface area contributed by atoms with Crippen LogP contribution in [0, 0.1) is 5.41 Å². The second kappa shape index (κ2) is 12.4. The van der Waals surface area contributed by atoms with E-state index in [1.165, 1.54) is 5.56 Å². The largest absolute Gasteiger partial charge is 0.356 e. The second-order valence-electron chi connectivity index (χ2n) is 7.30. The zero-order valence-electron chi connectivity index (χ0n) is 16.4. The molecule has 7 heteroatoms. The van der Waals surface area contributed by atoms with Gasteiger partial charge in [0.15, 0.2) is 5.96 Å². The zero-order valence-corrected chi connectivity index (χ0v) is 19.4. The highest BCUT2D eigenvalue weighted by molar-refractivity contribution is 14.0. The lowest BCUT2D eigenvalue weighted by atomic mass is 9.86. The van der Waals surface area contributed by atoms with Gasteiger partial charge in [-0.2, -0.15) is 0 Å². The number of halogens is 2. The topological polar surface area (TPSA) is 65.5 Å². The SMILES string of the molecule is CN=C(NCCC(=O)NC(C)C)NCC(C)(C)Cc1cccc(Cl)c1.I. The molecule has 0 aliphatic carbocycles. The summed E-state index contributed by atoms with van der Waals surface area (Å²) in [6.45, 7) is 9.61. The normalized spacial score (nSPS) is 11.7. The van der Waals surface area contributed by atoms with Crippen LogP contribution in [0.5, 0.6) is 0 Å². The van der Waals surface area contributed by atoms with Gasteiger partial charge in [0.25, 0.3) is 0 Å². The number of benzene rings is 1. The van der Waals surface area contributed by atoms with E-state index >= 15 is 0 Å². The summed E-state index contributed by atoms with van der Waals surface area (Å²) >= 11 is 6.06. The third-order valence-corrected chi connectivity index (χ3v) is 3.86. The van der Waals surface area contributed by atoms with Crippen molar-refractivity contribution in [3.63, 3.8) is 0 Å². The molecule has 1 aromatic carbocycles. The number of guanidine groups is 1. The molecule has 0 radical (unpaired) electrons. The minimum absolute atomic E-state index is 0. The lowest BCUT2D eigenvalue weighted by Gasteiger charge is -2.26. The number of carbonyl (C=O) groups is 1. The highest BCUT2D eigenvalue weighted by Gasteiger charge is 2.19. The number of aliphatic imine (C=N–C) groups is 1. The second-order valence-corrected chi connectivity index (χ2v) is 7.73. The summed E-state index contributed by atoms with van der Waals surface area (Å²) < 4.78 is 0. The maximum atomic E-state index is 11.6. The molecule has 0 saturated carbocycles. The first-order valence-corrected chi connectivity index (χ1v) is 9.08. The molecule has 0 fully saturated rings. The van der Waals surface area contributed by atoms with Crippen LogP contribution in [-0.2, 0) is 11.2 Å². The molecule has 1 rings (SSSR count). The molecule has 5 nitrogen and oxygen atoms in total. The van der Waals surface area contributed by atoms with Gasteiger partial charge in [-0.15, -0.1) is 24.0 Å². The molecule has 26 heavy (non-hydrogen) atoms. The summed E-state index contributed by atoms with van der Waals surface area (Å²) in [7, 11) is 1.73. The van der Waals surface area contributed by atoms with E-state index in [-0.39, 0.29) is 41.3 Å². The predicted octanol–water partition coefficient (Wildman–Crippen LogP) is 3.61. The Balaban J connectivity index is 0.00000625. The van der Waals surface area contributed by atoms with Crippen molar-refractivity contribution in [2.24, 2.45) is 10.4 Å². The van der Waals surface area contributed by atoms with Crippen molar-refractivity contribution in [3.8, 4) is 0 Å². The molecule has 1 aromatic rings. The van der Waals surface area contributed by atoms with Crippen LogP contribution in [0.3, 0.4) is 0 Å². The molecule has 3 N–H and O–H groups in total. The number of rotatable bonds is 8. The van der Waals surface area contributed by atoms with E-state index in [2.05, 4.69) is 40.9 Å². The highest BCUT2D eigenvalue weighted by atomic mass is 127. The van der Waals surface area contributed by atoms with E-state index in [0.29, 0.717) is 18.9 Å². The molecule has 0 aromatic heterocycles. The smallest absolute Gasteiger partial charge is 0.221 e. The maximum Gasteiger partial charge on any atom is 0.221 e. The van der Waals surface area contributed by atoms with Crippen LogP contribution in [0.15, 0.2) is 29.3 Å². The third-order valence-electron chi connectivity index (χ3n) is 3.62. The Morgan fingerprint density at radius 2 is 1.96 bits per heavy atom. The van der Waals surface area contributed by atoms with E-state index in [1.54, 1.807) is 7.05 Å². The van der Waals surface area contributed by atoms with Crippen LogP contribution < -0.4 is 16.0 Å². The number of nitrogens with one attached hydrogen (secondary N) is 3. The Morgan fingerprint density at radius 1 is 1.27 bits per heavy atom. The van der Waals surface area contributed by atoms with Gasteiger partial charge in [0.1, 0.15) is 0 Å². The molecule has 0 heterocycles. The van der Waals surface area contributed by atoms with E-state index in [0.717, 1.165) is 18.0 Å². The zero-order chi connectivity index (χ0) is 18.9. The van der Waals surface area contributed by atoms with Gasteiger partial charge in [0.2, 0.25) is 5.91 Å². The molecule has 0 spiro atoms. The summed E-state index contributed by atoms with van der Waals surface area (Å²) in [4.78, 5) is 15.9. The van der Waals surface area contributed by atoms with Crippen LogP contribution in [0.4, 0.5) is 0 Å². The van der Waals surface area contributed by atoms with Crippen LogP contribution >= 0.6 is 35.6 Å². The van der Waals surface area contributed by atoms with Gasteiger partial charge in [0.05, 0.1) is 0 Å². The van der Waals surface area contributed by atoms with Crippen molar-refractivity contribution in [1.29, 1.82) is 0 Å². The van der Waals surface area contributed by atoms with Crippen LogP contribution in [0.1, 0.15) is 39.7 Å². The van der Waals surface area contributed by atoms with Crippen molar-refractivity contribution < 1.29 is 4.79 Å². The van der Waals surface area contributed by atoms with Gasteiger partial charge in [-0.3, -0.25) is 9.79 Å². The van der Waals surface area contributed by atoms with Crippen molar-refractivity contribution in [2.75, 3.05) is 20.1 Å². The van der Waals surface area contributed by atoms with Crippen molar-refractivity contribution in [2.45, 2.75) is 46.6 Å². The summed E-state index contributed by atoms with van der Waals surface area (Å²) in [5, 5.41) is 10.1. The molecule has 1 amide bonds. The fourth-order valence-corrected chi connectivity index (χ4v) is 2.71. The van der Waals surface area contributed by atoms with Gasteiger partial charge < -0.3 is 16.0 Å². The Labute approximate surface area is 179 Å². The fraction of sp³-hybridized carbons (Fsp3) is 0.579. The number of hydrogen-bond acceptors (Lipinski definition) is 2.